The predicted octanol–water partition coefficient (Wildman–Crippen LogP) is 4.15. The highest BCUT2D eigenvalue weighted by Gasteiger charge is 2.21. The molecule has 0 spiro atoms. The van der Waals surface area contributed by atoms with Crippen molar-refractivity contribution in [2.24, 2.45) is 0 Å². The van der Waals surface area contributed by atoms with Gasteiger partial charge in [-0.15, -0.1) is 0 Å². The molecule has 0 saturated heterocycles. The molecule has 0 aliphatic carbocycles. The summed E-state index contributed by atoms with van der Waals surface area (Å²) in [5.41, 5.74) is 2.33. The normalized spacial score (nSPS) is 10.4. The molecule has 132 valence electrons. The van der Waals surface area contributed by atoms with Crippen molar-refractivity contribution in [3.8, 4) is 0 Å². The quantitative estimate of drug-likeness (QED) is 0.506. The number of H-pyrrole nitrogens is 1. The molecule has 0 saturated carbocycles. The van der Waals surface area contributed by atoms with Crippen molar-refractivity contribution in [3.63, 3.8) is 0 Å². The number of carbonyl (C=O) groups excluding carboxylic acids is 3. The Kier molecular flexibility index (Phi) is 6.18. The van der Waals surface area contributed by atoms with Gasteiger partial charge < -0.3 is 15.0 Å². The molecule has 1 heterocycles. The van der Waals surface area contributed by atoms with Crippen LogP contribution >= 0.6 is 31.9 Å². The third-order valence-corrected chi connectivity index (χ3v) is 4.68. The van der Waals surface area contributed by atoms with Gasteiger partial charge in [-0.1, -0.05) is 15.9 Å². The lowest BCUT2D eigenvalue weighted by Crippen LogP contribution is -2.21. The summed E-state index contributed by atoms with van der Waals surface area (Å²) in [7, 11) is 0. The van der Waals surface area contributed by atoms with E-state index >= 15 is 0 Å². The maximum absolute atomic E-state index is 12.2. The predicted molar refractivity (Wildman–Crippen MR) is 101 cm³/mol. The fourth-order valence-electron chi connectivity index (χ4n) is 2.46. The number of anilines is 1. The number of aromatic amines is 1. The largest absolute Gasteiger partial charge is 0.451 e. The lowest BCUT2D eigenvalue weighted by Gasteiger charge is -2.08. The van der Waals surface area contributed by atoms with Crippen LogP contribution in [0.5, 0.6) is 0 Å². The van der Waals surface area contributed by atoms with E-state index in [1.165, 1.54) is 6.92 Å². The summed E-state index contributed by atoms with van der Waals surface area (Å²) in [6.45, 7) is 4.37. The third kappa shape index (κ3) is 4.58. The standard InChI is InChI=1S/C17H16Br2N2O4/c1-8-15(10(3)22)9(2)20-16(8)17(24)25-7-14(23)21-13-5-4-11(18)6-12(13)19/h4-6,20H,7H2,1-3H3,(H,21,23). The number of halogens is 2. The van der Waals surface area contributed by atoms with Crippen molar-refractivity contribution >= 4 is 55.2 Å². The van der Waals surface area contributed by atoms with Crippen molar-refractivity contribution < 1.29 is 19.1 Å². The molecule has 0 atom stereocenters. The highest BCUT2D eigenvalue weighted by atomic mass is 79.9. The highest BCUT2D eigenvalue weighted by Crippen LogP contribution is 2.26. The Labute approximate surface area is 161 Å². The van der Waals surface area contributed by atoms with Gasteiger partial charge in [0.1, 0.15) is 5.69 Å². The second kappa shape index (κ2) is 7.97. The van der Waals surface area contributed by atoms with Crippen LogP contribution in [-0.4, -0.2) is 29.3 Å². The molecule has 8 heteroatoms. The number of carbonyl (C=O) groups is 3. The van der Waals surface area contributed by atoms with Crippen LogP contribution in [0, 0.1) is 13.8 Å². The van der Waals surface area contributed by atoms with Crippen LogP contribution in [0.1, 0.15) is 39.0 Å². The van der Waals surface area contributed by atoms with Crippen molar-refractivity contribution in [1.82, 2.24) is 4.98 Å². The molecule has 1 aromatic carbocycles. The van der Waals surface area contributed by atoms with Gasteiger partial charge in [-0.05, 0) is 60.5 Å². The minimum Gasteiger partial charge on any atom is -0.451 e. The maximum atomic E-state index is 12.2. The van der Waals surface area contributed by atoms with Gasteiger partial charge in [0, 0.05) is 20.2 Å². The number of aryl methyl sites for hydroxylation is 1. The van der Waals surface area contributed by atoms with Crippen molar-refractivity contribution in [3.05, 3.63) is 49.7 Å². The third-order valence-electron chi connectivity index (χ3n) is 3.53. The SMILES string of the molecule is CC(=O)c1c(C)[nH]c(C(=O)OCC(=O)Nc2ccc(Br)cc2Br)c1C. The Hall–Kier alpha value is -1.93. The van der Waals surface area contributed by atoms with E-state index < -0.39 is 18.5 Å². The molecular weight excluding hydrogens is 456 g/mol. The lowest BCUT2D eigenvalue weighted by atomic mass is 10.1. The number of esters is 1. The highest BCUT2D eigenvalue weighted by molar-refractivity contribution is 9.11. The molecule has 0 aliphatic heterocycles. The molecule has 0 fully saturated rings. The Balaban J connectivity index is 2.01. The van der Waals surface area contributed by atoms with Crippen LogP contribution in [0.4, 0.5) is 5.69 Å². The molecular formula is C17H16Br2N2O4. The van der Waals surface area contributed by atoms with Crippen LogP contribution in [0.25, 0.3) is 0 Å². The summed E-state index contributed by atoms with van der Waals surface area (Å²) >= 11 is 6.66. The number of hydrogen-bond acceptors (Lipinski definition) is 4. The Morgan fingerprint density at radius 1 is 1.20 bits per heavy atom. The summed E-state index contributed by atoms with van der Waals surface area (Å²) in [6.07, 6.45) is 0. The molecule has 2 aromatic rings. The first kappa shape index (κ1) is 19.4. The molecule has 2 rings (SSSR count). The van der Waals surface area contributed by atoms with Crippen molar-refractivity contribution in [2.45, 2.75) is 20.8 Å². The zero-order chi connectivity index (χ0) is 18.7. The van der Waals surface area contributed by atoms with Gasteiger partial charge in [0.15, 0.2) is 12.4 Å². The molecule has 1 amide bonds. The second-order valence-electron chi connectivity index (χ2n) is 5.43. The van der Waals surface area contributed by atoms with Crippen LogP contribution in [-0.2, 0) is 9.53 Å². The Morgan fingerprint density at radius 3 is 2.44 bits per heavy atom. The van der Waals surface area contributed by atoms with E-state index in [4.69, 9.17) is 4.74 Å². The zero-order valence-electron chi connectivity index (χ0n) is 13.8. The minimum atomic E-state index is -0.682. The average molecular weight is 472 g/mol. The number of nitrogens with one attached hydrogen (secondary N) is 2. The summed E-state index contributed by atoms with van der Waals surface area (Å²) in [6, 6.07) is 5.28. The first-order chi connectivity index (χ1) is 11.7. The molecule has 0 radical (unpaired) electrons. The van der Waals surface area contributed by atoms with Gasteiger partial charge in [-0.2, -0.15) is 0 Å². The number of ether oxygens (including phenoxy) is 1. The summed E-state index contributed by atoms with van der Waals surface area (Å²) in [5, 5.41) is 2.65. The van der Waals surface area contributed by atoms with Gasteiger partial charge in [0.2, 0.25) is 0 Å². The molecule has 0 aliphatic rings. The number of aromatic nitrogens is 1. The first-order valence-corrected chi connectivity index (χ1v) is 8.91. The molecule has 1 aromatic heterocycles. The first-order valence-electron chi connectivity index (χ1n) is 7.32. The van der Waals surface area contributed by atoms with E-state index in [-0.39, 0.29) is 11.5 Å². The van der Waals surface area contributed by atoms with E-state index in [0.717, 1.165) is 4.47 Å². The van der Waals surface area contributed by atoms with E-state index in [9.17, 15) is 14.4 Å². The lowest BCUT2D eigenvalue weighted by molar-refractivity contribution is -0.119. The molecule has 6 nitrogen and oxygen atoms in total. The topological polar surface area (TPSA) is 88.3 Å². The van der Waals surface area contributed by atoms with E-state index in [1.54, 1.807) is 32.0 Å². The summed E-state index contributed by atoms with van der Waals surface area (Å²) in [5.74, 6) is -1.29. The molecule has 0 bridgehead atoms. The molecule has 2 N–H and O–H groups in total. The van der Waals surface area contributed by atoms with Crippen LogP contribution in [0.15, 0.2) is 27.1 Å². The van der Waals surface area contributed by atoms with Gasteiger partial charge in [-0.25, -0.2) is 4.79 Å². The fraction of sp³-hybridized carbons (Fsp3) is 0.235. The number of rotatable bonds is 5. The molecule has 25 heavy (non-hydrogen) atoms. The zero-order valence-corrected chi connectivity index (χ0v) is 17.0. The van der Waals surface area contributed by atoms with Gasteiger partial charge in [0.25, 0.3) is 5.91 Å². The summed E-state index contributed by atoms with van der Waals surface area (Å²) < 4.78 is 6.60. The fourth-order valence-corrected chi connectivity index (χ4v) is 3.61. The number of amides is 1. The Bertz CT molecular complexity index is 859. The van der Waals surface area contributed by atoms with E-state index in [0.29, 0.717) is 27.0 Å². The van der Waals surface area contributed by atoms with Gasteiger partial charge in [-0.3, -0.25) is 9.59 Å². The van der Waals surface area contributed by atoms with Crippen molar-refractivity contribution in [1.29, 1.82) is 0 Å². The number of hydrogen-bond donors (Lipinski definition) is 2. The van der Waals surface area contributed by atoms with E-state index in [2.05, 4.69) is 42.2 Å². The number of Topliss-reactive ketones (excluding diaryl/α,β-unsaturated/α-hetero) is 1. The van der Waals surface area contributed by atoms with Gasteiger partial charge >= 0.3 is 5.97 Å². The minimum absolute atomic E-state index is 0.136. The van der Waals surface area contributed by atoms with E-state index in [1.807, 2.05) is 0 Å². The Morgan fingerprint density at radius 2 is 1.88 bits per heavy atom. The van der Waals surface area contributed by atoms with Crippen LogP contribution < -0.4 is 5.32 Å². The van der Waals surface area contributed by atoms with Gasteiger partial charge in [0.05, 0.1) is 5.69 Å². The average Bonchev–Trinajstić information content (AvgIpc) is 2.82. The van der Waals surface area contributed by atoms with Crippen LogP contribution in [0.3, 0.4) is 0 Å². The second-order valence-corrected chi connectivity index (χ2v) is 7.20. The monoisotopic (exact) mass is 470 g/mol. The number of ketones is 1. The van der Waals surface area contributed by atoms with Crippen molar-refractivity contribution in [2.75, 3.05) is 11.9 Å². The maximum Gasteiger partial charge on any atom is 0.355 e. The smallest absolute Gasteiger partial charge is 0.355 e. The molecule has 0 unspecified atom stereocenters. The summed E-state index contributed by atoms with van der Waals surface area (Å²) in [4.78, 5) is 38.6. The number of benzene rings is 1. The van der Waals surface area contributed by atoms with Crippen LogP contribution in [0.2, 0.25) is 0 Å².